The highest BCUT2D eigenvalue weighted by Crippen LogP contribution is 2.23. The van der Waals surface area contributed by atoms with Crippen LogP contribution in [0.3, 0.4) is 0 Å². The van der Waals surface area contributed by atoms with Crippen LogP contribution in [-0.4, -0.2) is 5.71 Å². The van der Waals surface area contributed by atoms with E-state index in [4.69, 9.17) is 17.0 Å². The van der Waals surface area contributed by atoms with Gasteiger partial charge in [-0.05, 0) is 19.1 Å². The number of rotatable bonds is 0. The van der Waals surface area contributed by atoms with Crippen LogP contribution in [0.5, 0.6) is 0 Å². The Bertz CT molecular complexity index is 286. The van der Waals surface area contributed by atoms with Crippen LogP contribution in [0.2, 0.25) is 0 Å². The zero-order chi connectivity index (χ0) is 8.43. The Kier molecular flexibility index (Phi) is 2.25. The normalized spacial score (nSPS) is 21.7. The SMILES string of the molecule is C/C=C1\C(=N)C=C(Cl)C=C1F. The molecule has 0 unspecified atom stereocenters. The van der Waals surface area contributed by atoms with Crippen molar-refractivity contribution < 1.29 is 4.39 Å². The van der Waals surface area contributed by atoms with Crippen molar-refractivity contribution in [3.05, 3.63) is 34.7 Å². The molecule has 0 heterocycles. The van der Waals surface area contributed by atoms with Gasteiger partial charge in [-0.25, -0.2) is 4.39 Å². The van der Waals surface area contributed by atoms with Crippen LogP contribution in [0.1, 0.15) is 6.92 Å². The van der Waals surface area contributed by atoms with Gasteiger partial charge in [-0.1, -0.05) is 17.7 Å². The average molecular weight is 172 g/mol. The minimum atomic E-state index is -0.440. The Morgan fingerprint density at radius 3 is 2.64 bits per heavy atom. The molecule has 0 atom stereocenters. The second kappa shape index (κ2) is 3.01. The summed E-state index contributed by atoms with van der Waals surface area (Å²) in [5.74, 6) is -0.440. The molecule has 0 aromatic carbocycles. The molecule has 0 aromatic heterocycles. The summed E-state index contributed by atoms with van der Waals surface area (Å²) in [6.07, 6.45) is 4.17. The summed E-state index contributed by atoms with van der Waals surface area (Å²) < 4.78 is 12.9. The second-order valence-electron chi connectivity index (χ2n) is 2.14. The quantitative estimate of drug-likeness (QED) is 0.580. The molecule has 0 fully saturated rings. The summed E-state index contributed by atoms with van der Waals surface area (Å²) in [7, 11) is 0. The average Bonchev–Trinajstić information content (AvgIpc) is 1.85. The first kappa shape index (κ1) is 8.21. The van der Waals surface area contributed by atoms with Crippen molar-refractivity contribution in [3.8, 4) is 0 Å². The van der Waals surface area contributed by atoms with Crippen LogP contribution in [0, 0.1) is 5.41 Å². The molecule has 0 saturated carbocycles. The maximum Gasteiger partial charge on any atom is 0.133 e. The molecule has 0 radical (unpaired) electrons. The third-order valence-corrected chi connectivity index (χ3v) is 1.60. The Labute approximate surface area is 69.4 Å². The number of halogens is 2. The van der Waals surface area contributed by atoms with Crippen LogP contribution in [-0.2, 0) is 0 Å². The third-order valence-electron chi connectivity index (χ3n) is 1.38. The number of hydrogen-bond acceptors (Lipinski definition) is 1. The summed E-state index contributed by atoms with van der Waals surface area (Å²) in [5, 5.41) is 7.56. The van der Waals surface area contributed by atoms with Gasteiger partial charge in [0, 0.05) is 10.6 Å². The minimum Gasteiger partial charge on any atom is -0.300 e. The number of nitrogens with one attached hydrogen (secondary N) is 1. The zero-order valence-corrected chi connectivity index (χ0v) is 6.74. The molecule has 11 heavy (non-hydrogen) atoms. The van der Waals surface area contributed by atoms with Gasteiger partial charge >= 0.3 is 0 Å². The van der Waals surface area contributed by atoms with E-state index in [2.05, 4.69) is 0 Å². The summed E-state index contributed by atoms with van der Waals surface area (Å²) in [6, 6.07) is 0. The molecule has 0 aromatic rings. The number of hydrogen-bond donors (Lipinski definition) is 1. The van der Waals surface area contributed by atoms with E-state index in [9.17, 15) is 4.39 Å². The lowest BCUT2D eigenvalue weighted by atomic mass is 10.0. The predicted molar refractivity (Wildman–Crippen MR) is 44.6 cm³/mol. The molecule has 1 rings (SSSR count). The molecule has 0 amide bonds. The van der Waals surface area contributed by atoms with E-state index in [0.717, 1.165) is 0 Å². The summed E-state index contributed by atoms with van der Waals surface area (Å²) in [5.41, 5.74) is 0.423. The standard InChI is InChI=1S/C8H7ClFN/c1-2-6-7(10)3-5(9)4-8(6)11/h2-4,11H,1H3/b6-2-,11-8?. The fraction of sp³-hybridized carbons (Fsp3) is 0.125. The van der Waals surface area contributed by atoms with Gasteiger partial charge in [-0.15, -0.1) is 0 Å². The van der Waals surface area contributed by atoms with E-state index in [1.54, 1.807) is 13.0 Å². The van der Waals surface area contributed by atoms with Gasteiger partial charge in [0.2, 0.25) is 0 Å². The minimum absolute atomic E-state index is 0.123. The van der Waals surface area contributed by atoms with E-state index in [1.807, 2.05) is 0 Å². The zero-order valence-electron chi connectivity index (χ0n) is 5.99. The highest BCUT2D eigenvalue weighted by Gasteiger charge is 2.13. The van der Waals surface area contributed by atoms with Gasteiger partial charge in [0.05, 0.1) is 5.71 Å². The topological polar surface area (TPSA) is 23.9 Å². The van der Waals surface area contributed by atoms with Crippen molar-refractivity contribution >= 4 is 17.3 Å². The van der Waals surface area contributed by atoms with Gasteiger partial charge in [0.1, 0.15) is 5.83 Å². The first-order valence-electron chi connectivity index (χ1n) is 3.15. The second-order valence-corrected chi connectivity index (χ2v) is 2.57. The summed E-state index contributed by atoms with van der Waals surface area (Å²) in [6.45, 7) is 1.68. The highest BCUT2D eigenvalue weighted by atomic mass is 35.5. The molecule has 3 heteroatoms. The first-order chi connectivity index (χ1) is 5.15. The van der Waals surface area contributed by atoms with Gasteiger partial charge in [0.15, 0.2) is 0 Å². The molecule has 0 spiro atoms. The largest absolute Gasteiger partial charge is 0.300 e. The van der Waals surface area contributed by atoms with Crippen molar-refractivity contribution in [3.63, 3.8) is 0 Å². The Morgan fingerprint density at radius 1 is 1.55 bits per heavy atom. The molecule has 1 N–H and O–H groups in total. The van der Waals surface area contributed by atoms with E-state index < -0.39 is 5.83 Å². The van der Waals surface area contributed by atoms with Crippen LogP contribution < -0.4 is 0 Å². The van der Waals surface area contributed by atoms with Gasteiger partial charge < -0.3 is 5.41 Å². The Morgan fingerprint density at radius 2 is 2.18 bits per heavy atom. The summed E-state index contributed by atoms with van der Waals surface area (Å²) >= 11 is 5.51. The molecule has 1 nitrogen and oxygen atoms in total. The van der Waals surface area contributed by atoms with Crippen LogP contribution in [0.4, 0.5) is 4.39 Å². The van der Waals surface area contributed by atoms with E-state index >= 15 is 0 Å². The monoisotopic (exact) mass is 171 g/mol. The molecule has 58 valence electrons. The highest BCUT2D eigenvalue weighted by molar-refractivity contribution is 6.34. The molecular formula is C8H7ClFN. The van der Waals surface area contributed by atoms with Gasteiger partial charge in [-0.2, -0.15) is 0 Å². The van der Waals surface area contributed by atoms with Crippen molar-refractivity contribution in [1.82, 2.24) is 0 Å². The summed E-state index contributed by atoms with van der Waals surface area (Å²) in [4.78, 5) is 0. The number of allylic oxidation sites excluding steroid dienone is 6. The third kappa shape index (κ3) is 1.57. The predicted octanol–water partition coefficient (Wildman–Crippen LogP) is 2.94. The van der Waals surface area contributed by atoms with Crippen LogP contribution in [0.15, 0.2) is 34.7 Å². The first-order valence-corrected chi connectivity index (χ1v) is 3.53. The smallest absolute Gasteiger partial charge is 0.133 e. The molecule has 1 aliphatic rings. The molecule has 0 bridgehead atoms. The van der Waals surface area contributed by atoms with Gasteiger partial charge in [-0.3, -0.25) is 0 Å². The fourth-order valence-electron chi connectivity index (χ4n) is 0.878. The van der Waals surface area contributed by atoms with Crippen molar-refractivity contribution in [2.45, 2.75) is 6.92 Å². The van der Waals surface area contributed by atoms with Crippen molar-refractivity contribution in [1.29, 1.82) is 5.41 Å². The van der Waals surface area contributed by atoms with Crippen LogP contribution >= 0.6 is 11.6 Å². The van der Waals surface area contributed by atoms with Gasteiger partial charge in [0.25, 0.3) is 0 Å². The molecular weight excluding hydrogens is 165 g/mol. The van der Waals surface area contributed by atoms with Crippen molar-refractivity contribution in [2.75, 3.05) is 0 Å². The molecule has 0 saturated heterocycles. The Hall–Kier alpha value is -0.890. The van der Waals surface area contributed by atoms with E-state index in [0.29, 0.717) is 5.57 Å². The molecule has 1 aliphatic carbocycles. The van der Waals surface area contributed by atoms with E-state index in [1.165, 1.54) is 12.2 Å². The lowest BCUT2D eigenvalue weighted by Crippen LogP contribution is -2.02. The lowest BCUT2D eigenvalue weighted by molar-refractivity contribution is 0.658. The molecule has 0 aliphatic heterocycles. The lowest BCUT2D eigenvalue weighted by Gasteiger charge is -2.07. The maximum absolute atomic E-state index is 12.9. The maximum atomic E-state index is 12.9. The fourth-order valence-corrected chi connectivity index (χ4v) is 1.08. The van der Waals surface area contributed by atoms with Crippen LogP contribution in [0.25, 0.3) is 0 Å². The Balaban J connectivity index is 3.11. The van der Waals surface area contributed by atoms with E-state index in [-0.39, 0.29) is 10.7 Å². The van der Waals surface area contributed by atoms with Crippen molar-refractivity contribution in [2.24, 2.45) is 0 Å².